The summed E-state index contributed by atoms with van der Waals surface area (Å²) in [5.41, 5.74) is -2.46. The average molecular weight is 568 g/mol. The standard InChI is InChI=1S/C33H65N3O4/c1-28(2,3)25(37)32(13,34-30(7,8)9)21-18-16-17-19-24-40-27(39)36(15)23-20-22-33(14,35-31(10,11)12)26(38)29(4,5)6/h34-35H,16-24H2,1-15H3/t32-,33+/m1/s1. The van der Waals surface area contributed by atoms with Crippen molar-refractivity contribution in [3.8, 4) is 0 Å². The van der Waals surface area contributed by atoms with Crippen LogP contribution in [0, 0.1) is 10.8 Å². The van der Waals surface area contributed by atoms with Gasteiger partial charge in [0.1, 0.15) is 0 Å². The van der Waals surface area contributed by atoms with Crippen LogP contribution in [0.1, 0.15) is 142 Å². The number of carbonyl (C=O) groups is 3. The Balaban J connectivity index is 4.65. The lowest BCUT2D eigenvalue weighted by Crippen LogP contribution is -2.60. The first-order valence-corrected chi connectivity index (χ1v) is 15.3. The maximum atomic E-state index is 13.2. The van der Waals surface area contributed by atoms with Crippen molar-refractivity contribution in [3.05, 3.63) is 0 Å². The van der Waals surface area contributed by atoms with Gasteiger partial charge in [0.2, 0.25) is 0 Å². The number of hydrogen-bond acceptors (Lipinski definition) is 6. The molecule has 7 heteroatoms. The Morgan fingerprint density at radius 2 is 0.950 bits per heavy atom. The second-order valence-electron chi connectivity index (χ2n) is 16.4. The van der Waals surface area contributed by atoms with Crippen LogP contribution < -0.4 is 10.6 Å². The Morgan fingerprint density at radius 1 is 0.575 bits per heavy atom. The molecule has 0 aromatic heterocycles. The molecule has 236 valence electrons. The molecule has 0 bridgehead atoms. The number of ketones is 2. The number of rotatable bonds is 15. The third-order valence-electron chi connectivity index (χ3n) is 6.95. The molecule has 2 N–H and O–H groups in total. The lowest BCUT2D eigenvalue weighted by atomic mass is 9.75. The van der Waals surface area contributed by atoms with Crippen molar-refractivity contribution in [3.63, 3.8) is 0 Å². The first-order chi connectivity index (χ1) is 17.7. The molecule has 0 aliphatic heterocycles. The second kappa shape index (κ2) is 14.6. The van der Waals surface area contributed by atoms with Gasteiger partial charge in [-0.05, 0) is 81.1 Å². The van der Waals surface area contributed by atoms with Crippen molar-refractivity contribution in [2.75, 3.05) is 20.2 Å². The normalized spacial score (nSPS) is 16.2. The largest absolute Gasteiger partial charge is 0.449 e. The highest BCUT2D eigenvalue weighted by atomic mass is 16.6. The van der Waals surface area contributed by atoms with Gasteiger partial charge in [-0.25, -0.2) is 4.79 Å². The van der Waals surface area contributed by atoms with Crippen LogP contribution in [0.5, 0.6) is 0 Å². The molecule has 2 atom stereocenters. The predicted molar refractivity (Wildman–Crippen MR) is 168 cm³/mol. The molecule has 0 aliphatic rings. The van der Waals surface area contributed by atoms with Gasteiger partial charge in [-0.2, -0.15) is 0 Å². The summed E-state index contributed by atoms with van der Waals surface area (Å²) in [7, 11) is 1.75. The van der Waals surface area contributed by atoms with Gasteiger partial charge in [-0.15, -0.1) is 0 Å². The van der Waals surface area contributed by atoms with E-state index in [1.54, 1.807) is 11.9 Å². The summed E-state index contributed by atoms with van der Waals surface area (Å²) in [6, 6.07) is 0. The maximum Gasteiger partial charge on any atom is 0.409 e. The number of amides is 1. The molecule has 0 spiro atoms. The van der Waals surface area contributed by atoms with Gasteiger partial charge in [0.05, 0.1) is 17.7 Å². The summed E-state index contributed by atoms with van der Waals surface area (Å²) >= 11 is 0. The molecule has 0 saturated heterocycles. The number of nitrogens with one attached hydrogen (secondary N) is 2. The van der Waals surface area contributed by atoms with Gasteiger partial charge in [-0.1, -0.05) is 60.8 Å². The zero-order chi connectivity index (χ0) is 31.8. The first-order valence-electron chi connectivity index (χ1n) is 15.3. The number of hydrogen-bond donors (Lipinski definition) is 2. The van der Waals surface area contributed by atoms with Gasteiger partial charge >= 0.3 is 6.09 Å². The van der Waals surface area contributed by atoms with Gasteiger partial charge in [0.15, 0.2) is 11.6 Å². The van der Waals surface area contributed by atoms with Crippen molar-refractivity contribution < 1.29 is 19.1 Å². The summed E-state index contributed by atoms with van der Waals surface area (Å²) in [5, 5.41) is 7.10. The Morgan fingerprint density at radius 3 is 1.32 bits per heavy atom. The van der Waals surface area contributed by atoms with Crippen molar-refractivity contribution in [2.45, 2.75) is 164 Å². The zero-order valence-electron chi connectivity index (χ0n) is 28.9. The van der Waals surface area contributed by atoms with E-state index in [2.05, 4.69) is 52.2 Å². The number of Topliss-reactive ketones (excluding diaryl/α,β-unsaturated/α-hetero) is 2. The Kier molecular flexibility index (Phi) is 14.1. The van der Waals surface area contributed by atoms with Gasteiger partial charge in [-0.3, -0.25) is 9.59 Å². The molecule has 0 unspecified atom stereocenters. The van der Waals surface area contributed by atoms with E-state index in [0.29, 0.717) is 26.0 Å². The van der Waals surface area contributed by atoms with Gasteiger partial charge < -0.3 is 20.3 Å². The number of nitrogens with zero attached hydrogens (tertiary/aromatic N) is 1. The number of carbonyl (C=O) groups excluding carboxylic acids is 3. The highest BCUT2D eigenvalue weighted by Crippen LogP contribution is 2.30. The second-order valence-corrected chi connectivity index (χ2v) is 16.4. The fraction of sp³-hybridized carbons (Fsp3) is 0.909. The minimum Gasteiger partial charge on any atom is -0.449 e. The molecule has 0 aromatic carbocycles. The minimum atomic E-state index is -0.669. The van der Waals surface area contributed by atoms with E-state index >= 15 is 0 Å². The summed E-state index contributed by atoms with van der Waals surface area (Å²) in [5.74, 6) is 0.418. The van der Waals surface area contributed by atoms with E-state index in [1.165, 1.54) is 0 Å². The third-order valence-corrected chi connectivity index (χ3v) is 6.95. The van der Waals surface area contributed by atoms with Crippen LogP contribution in [0.2, 0.25) is 0 Å². The zero-order valence-corrected chi connectivity index (χ0v) is 28.9. The Hall–Kier alpha value is -1.47. The van der Waals surface area contributed by atoms with Gasteiger partial charge in [0.25, 0.3) is 0 Å². The quantitative estimate of drug-likeness (QED) is 0.202. The molecular formula is C33H65N3O4. The number of unbranched alkanes of at least 4 members (excludes halogenated alkanes) is 3. The monoisotopic (exact) mass is 567 g/mol. The minimum absolute atomic E-state index is 0.153. The lowest BCUT2D eigenvalue weighted by Gasteiger charge is -2.40. The van der Waals surface area contributed by atoms with E-state index in [1.807, 2.05) is 55.4 Å². The molecular weight excluding hydrogens is 502 g/mol. The molecule has 40 heavy (non-hydrogen) atoms. The Labute approximate surface area is 247 Å². The van der Waals surface area contributed by atoms with Crippen LogP contribution in [0.15, 0.2) is 0 Å². The Bertz CT molecular complexity index is 827. The van der Waals surface area contributed by atoms with Crippen LogP contribution in [-0.2, 0) is 14.3 Å². The predicted octanol–water partition coefficient (Wildman–Crippen LogP) is 7.31. The molecule has 0 radical (unpaired) electrons. The van der Waals surface area contributed by atoms with E-state index < -0.39 is 21.9 Å². The molecule has 0 heterocycles. The van der Waals surface area contributed by atoms with Crippen LogP contribution in [0.3, 0.4) is 0 Å². The SMILES string of the molecule is CN(CCC[C@](C)(NC(C)(C)C)C(=O)C(C)(C)C)C(=O)OCCCCCC[C@@](C)(NC(C)(C)C)C(=O)C(C)(C)C. The lowest BCUT2D eigenvalue weighted by molar-refractivity contribution is -0.134. The topological polar surface area (TPSA) is 87.7 Å². The molecule has 0 rings (SSSR count). The molecule has 0 aromatic rings. The molecule has 0 saturated carbocycles. The molecule has 7 nitrogen and oxygen atoms in total. The highest BCUT2D eigenvalue weighted by Gasteiger charge is 2.42. The van der Waals surface area contributed by atoms with E-state index in [0.717, 1.165) is 32.1 Å². The van der Waals surface area contributed by atoms with Gasteiger partial charge in [0, 0.05) is 35.5 Å². The van der Waals surface area contributed by atoms with Crippen LogP contribution in [0.25, 0.3) is 0 Å². The summed E-state index contributed by atoms with van der Waals surface area (Å²) in [6.45, 7) is 29.2. The van der Waals surface area contributed by atoms with Crippen molar-refractivity contribution >= 4 is 17.7 Å². The maximum absolute atomic E-state index is 13.2. The fourth-order valence-electron chi connectivity index (χ4n) is 5.74. The van der Waals surface area contributed by atoms with Crippen LogP contribution >= 0.6 is 0 Å². The smallest absolute Gasteiger partial charge is 0.409 e. The fourth-order valence-corrected chi connectivity index (χ4v) is 5.74. The van der Waals surface area contributed by atoms with Crippen LogP contribution in [-0.4, -0.2) is 64.9 Å². The molecule has 0 aliphatic carbocycles. The summed E-state index contributed by atoms with van der Waals surface area (Å²) in [6.07, 6.45) is 5.44. The van der Waals surface area contributed by atoms with Crippen molar-refractivity contribution in [1.82, 2.24) is 15.5 Å². The van der Waals surface area contributed by atoms with E-state index in [4.69, 9.17) is 4.74 Å². The van der Waals surface area contributed by atoms with Crippen LogP contribution in [0.4, 0.5) is 4.79 Å². The number of ether oxygens (including phenoxy) is 1. The van der Waals surface area contributed by atoms with Crippen molar-refractivity contribution in [1.29, 1.82) is 0 Å². The van der Waals surface area contributed by atoms with E-state index in [9.17, 15) is 14.4 Å². The summed E-state index contributed by atoms with van der Waals surface area (Å²) < 4.78 is 5.50. The molecule has 0 fully saturated rings. The van der Waals surface area contributed by atoms with E-state index in [-0.39, 0.29) is 28.7 Å². The average Bonchev–Trinajstić information content (AvgIpc) is 2.73. The first kappa shape index (κ1) is 38.5. The highest BCUT2D eigenvalue weighted by molar-refractivity contribution is 5.93. The molecule has 1 amide bonds. The third kappa shape index (κ3) is 14.4. The summed E-state index contributed by atoms with van der Waals surface area (Å²) in [4.78, 5) is 40.5. The van der Waals surface area contributed by atoms with Crippen molar-refractivity contribution in [2.24, 2.45) is 10.8 Å².